The van der Waals surface area contributed by atoms with E-state index in [0.717, 1.165) is 18.4 Å². The van der Waals surface area contributed by atoms with E-state index in [1.165, 1.54) is 11.0 Å². The Kier molecular flexibility index (Phi) is 8.45. The van der Waals surface area contributed by atoms with E-state index < -0.39 is 21.7 Å². The molecule has 1 aromatic rings. The summed E-state index contributed by atoms with van der Waals surface area (Å²) in [5, 5.41) is 2.70. The minimum absolute atomic E-state index is 0. The number of halogens is 2. The second-order valence-corrected chi connectivity index (χ2v) is 7.98. The highest BCUT2D eigenvalue weighted by molar-refractivity contribution is 7.92. The molecule has 0 saturated carbocycles. The quantitative estimate of drug-likeness (QED) is 0.618. The largest absolute Gasteiger partial charge is 0.355 e. The highest BCUT2D eigenvalue weighted by Crippen LogP contribution is 2.24. The zero-order chi connectivity index (χ0) is 19.3. The summed E-state index contributed by atoms with van der Waals surface area (Å²) >= 11 is 0. The molecule has 0 radical (unpaired) electrons. The van der Waals surface area contributed by atoms with Crippen molar-refractivity contribution in [2.75, 3.05) is 37.2 Å². The summed E-state index contributed by atoms with van der Waals surface area (Å²) in [5.74, 6) is -1.73. The molecule has 1 aliphatic heterocycles. The van der Waals surface area contributed by atoms with Gasteiger partial charge in [0, 0.05) is 26.2 Å². The molecular formula is C16H24ClFN4O4S. The number of nitrogens with two attached hydrogens (primary N) is 1. The van der Waals surface area contributed by atoms with Gasteiger partial charge in [0.2, 0.25) is 15.9 Å². The zero-order valence-corrected chi connectivity index (χ0v) is 16.5. The standard InChI is InChI=1S/C16H23FN4O4S.ClH/c1-26(24,25)20-14-5-4-12(17)9-13(14)16(23)21-8-2-3-11(10-21)15(22)19-7-6-18;/h4-5,9,11,20H,2-3,6-8,10,18H2,1H3,(H,19,22);1H. The number of piperidine rings is 1. The van der Waals surface area contributed by atoms with Crippen molar-refractivity contribution < 1.29 is 22.4 Å². The van der Waals surface area contributed by atoms with Crippen molar-refractivity contribution >= 4 is 39.9 Å². The molecule has 2 amide bonds. The third-order valence-electron chi connectivity index (χ3n) is 4.03. The molecule has 11 heteroatoms. The van der Waals surface area contributed by atoms with Crippen LogP contribution in [-0.4, -0.2) is 57.6 Å². The second kappa shape index (κ2) is 9.86. The first-order valence-electron chi connectivity index (χ1n) is 8.25. The number of sulfonamides is 1. The number of carbonyl (C=O) groups excluding carboxylic acids is 2. The van der Waals surface area contributed by atoms with Crippen molar-refractivity contribution in [3.05, 3.63) is 29.6 Å². The molecule has 8 nitrogen and oxygen atoms in total. The molecule has 0 aliphatic carbocycles. The van der Waals surface area contributed by atoms with E-state index in [1.54, 1.807) is 0 Å². The molecule has 1 atom stereocenters. The average Bonchev–Trinajstić information content (AvgIpc) is 2.59. The number of likely N-dealkylation sites (tertiary alicyclic amines) is 1. The van der Waals surface area contributed by atoms with E-state index in [1.807, 2.05) is 0 Å². The molecule has 1 aliphatic rings. The van der Waals surface area contributed by atoms with E-state index in [4.69, 9.17) is 5.73 Å². The topological polar surface area (TPSA) is 122 Å². The highest BCUT2D eigenvalue weighted by Gasteiger charge is 2.30. The van der Waals surface area contributed by atoms with Crippen LogP contribution in [0.5, 0.6) is 0 Å². The number of rotatable bonds is 6. The van der Waals surface area contributed by atoms with Crippen LogP contribution in [0.2, 0.25) is 0 Å². The van der Waals surface area contributed by atoms with Crippen LogP contribution in [0, 0.1) is 11.7 Å². The van der Waals surface area contributed by atoms with Crippen molar-refractivity contribution in [3.63, 3.8) is 0 Å². The molecule has 0 spiro atoms. The maximum Gasteiger partial charge on any atom is 0.256 e. The maximum absolute atomic E-state index is 13.6. The summed E-state index contributed by atoms with van der Waals surface area (Å²) < 4.78 is 38.8. The number of carbonyl (C=O) groups is 2. The van der Waals surface area contributed by atoms with Crippen LogP contribution >= 0.6 is 12.4 Å². The van der Waals surface area contributed by atoms with E-state index in [0.29, 0.717) is 32.5 Å². The van der Waals surface area contributed by atoms with Crippen LogP contribution in [0.3, 0.4) is 0 Å². The van der Waals surface area contributed by atoms with Gasteiger partial charge in [0.25, 0.3) is 5.91 Å². The zero-order valence-electron chi connectivity index (χ0n) is 14.9. The number of amides is 2. The first kappa shape index (κ1) is 23.1. The molecule has 1 aromatic carbocycles. The lowest BCUT2D eigenvalue weighted by Gasteiger charge is -2.32. The number of nitrogens with one attached hydrogen (secondary N) is 2. The third kappa shape index (κ3) is 6.64. The van der Waals surface area contributed by atoms with E-state index in [9.17, 15) is 22.4 Å². The predicted molar refractivity (Wildman–Crippen MR) is 103 cm³/mol. The van der Waals surface area contributed by atoms with Gasteiger partial charge < -0.3 is 16.0 Å². The molecule has 0 bridgehead atoms. The minimum atomic E-state index is -3.63. The van der Waals surface area contributed by atoms with Crippen LogP contribution in [0.4, 0.5) is 10.1 Å². The highest BCUT2D eigenvalue weighted by atomic mass is 35.5. The number of benzene rings is 1. The van der Waals surface area contributed by atoms with Gasteiger partial charge in [-0.25, -0.2) is 12.8 Å². The Morgan fingerprint density at radius 1 is 1.37 bits per heavy atom. The molecule has 27 heavy (non-hydrogen) atoms. The van der Waals surface area contributed by atoms with Crippen LogP contribution in [0.15, 0.2) is 18.2 Å². The molecule has 4 N–H and O–H groups in total. The molecule has 0 aromatic heterocycles. The fourth-order valence-corrected chi connectivity index (χ4v) is 3.45. The molecule has 1 fully saturated rings. The fraction of sp³-hybridized carbons (Fsp3) is 0.500. The van der Waals surface area contributed by atoms with Crippen LogP contribution in [0.1, 0.15) is 23.2 Å². The second-order valence-electron chi connectivity index (χ2n) is 6.23. The summed E-state index contributed by atoms with van der Waals surface area (Å²) in [6, 6.07) is 3.27. The monoisotopic (exact) mass is 422 g/mol. The van der Waals surface area contributed by atoms with Gasteiger partial charge in [-0.3, -0.25) is 14.3 Å². The first-order chi connectivity index (χ1) is 12.2. The van der Waals surface area contributed by atoms with E-state index in [-0.39, 0.29) is 42.0 Å². The van der Waals surface area contributed by atoms with Gasteiger partial charge in [0.05, 0.1) is 23.4 Å². The summed E-state index contributed by atoms with van der Waals surface area (Å²) in [5.41, 5.74) is 5.29. The maximum atomic E-state index is 13.6. The van der Waals surface area contributed by atoms with Crippen LogP contribution in [-0.2, 0) is 14.8 Å². The average molecular weight is 423 g/mol. The van der Waals surface area contributed by atoms with Gasteiger partial charge in [0.1, 0.15) is 5.82 Å². The molecular weight excluding hydrogens is 399 g/mol. The first-order valence-corrected chi connectivity index (χ1v) is 10.1. The Morgan fingerprint density at radius 3 is 2.70 bits per heavy atom. The Bertz CT molecular complexity index is 791. The van der Waals surface area contributed by atoms with Gasteiger partial charge in [-0.1, -0.05) is 0 Å². The third-order valence-corrected chi connectivity index (χ3v) is 4.62. The Morgan fingerprint density at radius 2 is 2.07 bits per heavy atom. The van der Waals surface area contributed by atoms with Gasteiger partial charge in [-0.05, 0) is 31.0 Å². The van der Waals surface area contributed by atoms with Gasteiger partial charge in [0.15, 0.2) is 0 Å². The van der Waals surface area contributed by atoms with Crippen molar-refractivity contribution in [3.8, 4) is 0 Å². The lowest BCUT2D eigenvalue weighted by molar-refractivity contribution is -0.126. The Labute approximate surface area is 164 Å². The minimum Gasteiger partial charge on any atom is -0.355 e. The van der Waals surface area contributed by atoms with Crippen LogP contribution in [0.25, 0.3) is 0 Å². The number of hydrogen-bond donors (Lipinski definition) is 3. The van der Waals surface area contributed by atoms with Crippen molar-refractivity contribution in [2.24, 2.45) is 11.7 Å². The molecule has 1 unspecified atom stereocenters. The molecule has 152 valence electrons. The molecule has 2 rings (SSSR count). The summed E-state index contributed by atoms with van der Waals surface area (Å²) in [6.07, 6.45) is 2.21. The molecule has 1 heterocycles. The SMILES string of the molecule is CS(=O)(=O)Nc1ccc(F)cc1C(=O)N1CCCC(C(=O)NCCN)C1.Cl. The van der Waals surface area contributed by atoms with Crippen LogP contribution < -0.4 is 15.8 Å². The number of anilines is 1. The fourth-order valence-electron chi connectivity index (χ4n) is 2.87. The lowest BCUT2D eigenvalue weighted by atomic mass is 9.96. The van der Waals surface area contributed by atoms with Crippen molar-refractivity contribution in [1.82, 2.24) is 10.2 Å². The van der Waals surface area contributed by atoms with E-state index in [2.05, 4.69) is 10.0 Å². The van der Waals surface area contributed by atoms with Gasteiger partial charge >= 0.3 is 0 Å². The summed E-state index contributed by atoms with van der Waals surface area (Å²) in [7, 11) is -3.63. The van der Waals surface area contributed by atoms with Gasteiger partial charge in [-0.15, -0.1) is 12.4 Å². The van der Waals surface area contributed by atoms with Crippen molar-refractivity contribution in [1.29, 1.82) is 0 Å². The smallest absolute Gasteiger partial charge is 0.256 e. The Hall–Kier alpha value is -1.91. The normalized spacial score (nSPS) is 17.0. The number of hydrogen-bond acceptors (Lipinski definition) is 5. The summed E-state index contributed by atoms with van der Waals surface area (Å²) in [6.45, 7) is 1.28. The van der Waals surface area contributed by atoms with E-state index >= 15 is 0 Å². The van der Waals surface area contributed by atoms with Gasteiger partial charge in [-0.2, -0.15) is 0 Å². The van der Waals surface area contributed by atoms with Crippen molar-refractivity contribution in [2.45, 2.75) is 12.8 Å². The Balaban J connectivity index is 0.00000364. The lowest BCUT2D eigenvalue weighted by Crippen LogP contribution is -2.46. The predicted octanol–water partition coefficient (Wildman–Crippen LogP) is 0.546. The number of nitrogens with zero attached hydrogens (tertiary/aromatic N) is 1. The molecule has 1 saturated heterocycles. The summed E-state index contributed by atoms with van der Waals surface area (Å²) in [4.78, 5) is 26.4.